The van der Waals surface area contributed by atoms with Crippen LogP contribution in [0.25, 0.3) is 11.2 Å². The largest absolute Gasteiger partial charge is 0.394 e. The number of nitrogens with one attached hydrogen (secondary N) is 1. The number of carbonyl (C=O) groups excluding carboxylic acids is 1. The van der Waals surface area contributed by atoms with Gasteiger partial charge in [0.1, 0.15) is 30.4 Å². The van der Waals surface area contributed by atoms with Crippen LogP contribution < -0.4 is 11.2 Å². The van der Waals surface area contributed by atoms with E-state index >= 15 is 0 Å². The maximum atomic E-state index is 11.9. The van der Waals surface area contributed by atoms with Crippen LogP contribution in [-0.4, -0.2) is 70.7 Å². The summed E-state index contributed by atoms with van der Waals surface area (Å²) in [5.41, 5.74) is 8.86. The standard InChI is InChI=1S/C14H17N7O5/c15-12-9-13(17-5-16-12)20(6-18-9)14(21-3-1-2-8(23)19-21)11(25)10(24)7(4-22)26-14/h1,3,5-7,10-11,22,24-25H,2,4H2,(H,19,23)(H2,15,16,17)/t7-,10-,11-,14-/m1/s1. The molecule has 26 heavy (non-hydrogen) atoms. The number of anilines is 1. The summed E-state index contributed by atoms with van der Waals surface area (Å²) in [5.74, 6) is -2.06. The first-order valence-electron chi connectivity index (χ1n) is 7.83. The van der Waals surface area contributed by atoms with Crippen LogP contribution in [-0.2, 0) is 15.4 Å². The average Bonchev–Trinajstić information content (AvgIpc) is 3.17. The van der Waals surface area contributed by atoms with E-state index in [-0.39, 0.29) is 29.3 Å². The Morgan fingerprint density at radius 2 is 2.19 bits per heavy atom. The predicted molar refractivity (Wildman–Crippen MR) is 85.4 cm³/mol. The van der Waals surface area contributed by atoms with E-state index in [1.165, 1.54) is 28.4 Å². The van der Waals surface area contributed by atoms with Gasteiger partial charge in [-0.2, -0.15) is 0 Å². The average molecular weight is 363 g/mol. The third-order valence-corrected chi connectivity index (χ3v) is 4.45. The van der Waals surface area contributed by atoms with Crippen molar-refractivity contribution >= 4 is 22.9 Å². The lowest BCUT2D eigenvalue weighted by Gasteiger charge is -2.43. The molecule has 4 heterocycles. The Bertz CT molecular complexity index is 886. The summed E-state index contributed by atoms with van der Waals surface area (Å²) in [6.07, 6.45) is 1.64. The van der Waals surface area contributed by atoms with Gasteiger partial charge in [0.15, 0.2) is 17.6 Å². The molecule has 4 atom stereocenters. The molecule has 0 saturated carbocycles. The van der Waals surface area contributed by atoms with Gasteiger partial charge in [0.25, 0.3) is 5.85 Å². The molecule has 1 amide bonds. The summed E-state index contributed by atoms with van der Waals surface area (Å²) >= 11 is 0. The van der Waals surface area contributed by atoms with Gasteiger partial charge in [-0.05, 0) is 0 Å². The van der Waals surface area contributed by atoms with Gasteiger partial charge in [0.05, 0.1) is 6.61 Å². The Labute approximate surface area is 146 Å². The van der Waals surface area contributed by atoms with Gasteiger partial charge in [-0.25, -0.2) is 20.0 Å². The summed E-state index contributed by atoms with van der Waals surface area (Å²) in [5, 5.41) is 31.8. The zero-order chi connectivity index (χ0) is 18.5. The third-order valence-electron chi connectivity index (χ3n) is 4.45. The van der Waals surface area contributed by atoms with Crippen molar-refractivity contribution in [2.24, 2.45) is 0 Å². The zero-order valence-corrected chi connectivity index (χ0v) is 13.4. The fourth-order valence-electron chi connectivity index (χ4n) is 3.20. The molecule has 0 aliphatic carbocycles. The van der Waals surface area contributed by atoms with Gasteiger partial charge in [-0.15, -0.1) is 0 Å². The van der Waals surface area contributed by atoms with E-state index in [4.69, 9.17) is 10.5 Å². The van der Waals surface area contributed by atoms with Gasteiger partial charge in [-0.3, -0.25) is 14.8 Å². The van der Waals surface area contributed by atoms with Crippen molar-refractivity contribution in [1.82, 2.24) is 30.0 Å². The molecule has 0 spiro atoms. The molecule has 2 aromatic heterocycles. The molecule has 0 radical (unpaired) electrons. The van der Waals surface area contributed by atoms with E-state index in [2.05, 4.69) is 20.4 Å². The smallest absolute Gasteiger partial charge is 0.275 e. The number of rotatable bonds is 3. The first kappa shape index (κ1) is 16.7. The molecule has 12 heteroatoms. The minimum Gasteiger partial charge on any atom is -0.394 e. The van der Waals surface area contributed by atoms with Gasteiger partial charge in [0, 0.05) is 12.6 Å². The number of aliphatic hydroxyl groups is 3. The number of hydrogen-bond donors (Lipinski definition) is 5. The van der Waals surface area contributed by atoms with Crippen LogP contribution in [0.4, 0.5) is 5.82 Å². The number of nitrogens with two attached hydrogens (primary N) is 1. The van der Waals surface area contributed by atoms with Crippen molar-refractivity contribution < 1.29 is 24.9 Å². The lowest BCUT2D eigenvalue weighted by molar-refractivity contribution is -0.241. The highest BCUT2D eigenvalue weighted by Gasteiger charge is 2.60. The molecule has 4 rings (SSSR count). The minimum absolute atomic E-state index is 0.119. The molecule has 2 aliphatic rings. The van der Waals surface area contributed by atoms with Crippen molar-refractivity contribution in [2.75, 3.05) is 12.3 Å². The van der Waals surface area contributed by atoms with Crippen molar-refractivity contribution in [2.45, 2.75) is 30.6 Å². The topological polar surface area (TPSA) is 172 Å². The van der Waals surface area contributed by atoms with E-state index in [1.54, 1.807) is 6.08 Å². The quantitative estimate of drug-likeness (QED) is 0.389. The molecule has 0 unspecified atom stereocenters. The number of ether oxygens (including phenoxy) is 1. The van der Waals surface area contributed by atoms with Crippen LogP contribution in [0.1, 0.15) is 6.42 Å². The van der Waals surface area contributed by atoms with E-state index in [0.717, 1.165) is 0 Å². The van der Waals surface area contributed by atoms with Gasteiger partial charge in [-0.1, -0.05) is 6.08 Å². The maximum Gasteiger partial charge on any atom is 0.275 e. The van der Waals surface area contributed by atoms with Gasteiger partial charge >= 0.3 is 0 Å². The van der Waals surface area contributed by atoms with Crippen molar-refractivity contribution in [1.29, 1.82) is 0 Å². The normalized spacial score (nSPS) is 31.6. The second kappa shape index (κ2) is 5.88. The van der Waals surface area contributed by atoms with Crippen molar-refractivity contribution in [3.63, 3.8) is 0 Å². The SMILES string of the molecule is Nc1ncnc2c1ncn2[C@]1(N2C=CCC(=O)N2)O[C@H](CO)[C@@H](O)[C@H]1O. The van der Waals surface area contributed by atoms with Crippen LogP contribution in [0.15, 0.2) is 24.9 Å². The first-order chi connectivity index (χ1) is 12.5. The van der Waals surface area contributed by atoms with E-state index in [0.29, 0.717) is 0 Å². The monoisotopic (exact) mass is 363 g/mol. The number of nitrogen functional groups attached to an aromatic ring is 1. The highest BCUT2D eigenvalue weighted by molar-refractivity contribution is 5.81. The number of carbonyl (C=O) groups is 1. The number of nitrogens with zero attached hydrogens (tertiary/aromatic N) is 5. The number of aromatic nitrogens is 4. The summed E-state index contributed by atoms with van der Waals surface area (Å²) in [6, 6.07) is 0. The lowest BCUT2D eigenvalue weighted by Crippen LogP contribution is -2.62. The predicted octanol–water partition coefficient (Wildman–Crippen LogP) is -2.62. The Morgan fingerprint density at radius 3 is 2.88 bits per heavy atom. The zero-order valence-electron chi connectivity index (χ0n) is 13.4. The van der Waals surface area contributed by atoms with Crippen molar-refractivity contribution in [3.8, 4) is 0 Å². The number of fused-ring (bicyclic) bond motifs is 1. The molecule has 1 saturated heterocycles. The first-order valence-corrected chi connectivity index (χ1v) is 7.83. The van der Waals surface area contributed by atoms with E-state index in [1.807, 2.05) is 0 Å². The minimum atomic E-state index is -1.84. The Kier molecular flexibility index (Phi) is 3.77. The van der Waals surface area contributed by atoms with E-state index < -0.39 is 30.8 Å². The molecule has 12 nitrogen and oxygen atoms in total. The molecule has 1 fully saturated rings. The molecular weight excluding hydrogens is 346 g/mol. The molecule has 6 N–H and O–H groups in total. The third kappa shape index (κ3) is 2.17. The van der Waals surface area contributed by atoms with Crippen LogP contribution in [0.3, 0.4) is 0 Å². The Hall–Kier alpha value is -2.80. The summed E-state index contributed by atoms with van der Waals surface area (Å²) in [6.45, 7) is -0.546. The lowest BCUT2D eigenvalue weighted by atomic mass is 10.1. The second-order valence-corrected chi connectivity index (χ2v) is 5.97. The fourth-order valence-corrected chi connectivity index (χ4v) is 3.20. The van der Waals surface area contributed by atoms with Crippen molar-refractivity contribution in [3.05, 3.63) is 24.9 Å². The molecule has 0 bridgehead atoms. The van der Waals surface area contributed by atoms with Crippen LogP contribution in [0.5, 0.6) is 0 Å². The highest BCUT2D eigenvalue weighted by Crippen LogP contribution is 2.40. The molecular formula is C14H17N7O5. The van der Waals surface area contributed by atoms with Crippen LogP contribution in [0.2, 0.25) is 0 Å². The molecule has 2 aliphatic heterocycles. The maximum absolute atomic E-state index is 11.9. The van der Waals surface area contributed by atoms with Gasteiger partial charge < -0.3 is 25.8 Å². The summed E-state index contributed by atoms with van der Waals surface area (Å²) < 4.78 is 7.17. The van der Waals surface area contributed by atoms with Gasteiger partial charge in [0.2, 0.25) is 5.91 Å². The summed E-state index contributed by atoms with van der Waals surface area (Å²) in [7, 11) is 0. The number of aliphatic hydroxyl groups excluding tert-OH is 3. The highest BCUT2D eigenvalue weighted by atomic mass is 16.6. The fraction of sp³-hybridized carbons (Fsp3) is 0.429. The molecule has 0 aromatic carbocycles. The number of hydrogen-bond acceptors (Lipinski definition) is 10. The number of amides is 1. The Morgan fingerprint density at radius 1 is 1.38 bits per heavy atom. The number of imidazole rings is 1. The Balaban J connectivity index is 1.94. The van der Waals surface area contributed by atoms with E-state index in [9.17, 15) is 20.1 Å². The number of hydrazine groups is 1. The summed E-state index contributed by atoms with van der Waals surface area (Å²) in [4.78, 5) is 24.0. The van der Waals surface area contributed by atoms with Crippen LogP contribution >= 0.6 is 0 Å². The molecule has 138 valence electrons. The second-order valence-electron chi connectivity index (χ2n) is 5.97. The van der Waals surface area contributed by atoms with Crippen LogP contribution in [0, 0.1) is 0 Å². The molecule has 2 aromatic rings.